The van der Waals surface area contributed by atoms with Crippen molar-refractivity contribution in [3.63, 3.8) is 0 Å². The van der Waals surface area contributed by atoms with Crippen LogP contribution in [-0.4, -0.2) is 24.7 Å². The van der Waals surface area contributed by atoms with E-state index < -0.39 is 4.92 Å². The minimum Gasteiger partial charge on any atom is -0.404 e. The highest BCUT2D eigenvalue weighted by atomic mass is 16.6. The van der Waals surface area contributed by atoms with E-state index in [4.69, 9.17) is 9.15 Å². The fraction of sp³-hybridized carbons (Fsp3) is 0.636. The second-order valence-electron chi connectivity index (χ2n) is 4.14. The molecule has 0 saturated carbocycles. The number of ether oxygens (including phenoxy) is 1. The third-order valence-electron chi connectivity index (χ3n) is 2.00. The van der Waals surface area contributed by atoms with E-state index in [-0.39, 0.29) is 5.88 Å². The first-order valence-electron chi connectivity index (χ1n) is 5.61. The Balaban J connectivity index is 2.11. The summed E-state index contributed by atoms with van der Waals surface area (Å²) in [5.74, 6) is 0.862. The van der Waals surface area contributed by atoms with Crippen LogP contribution < -0.4 is 5.32 Å². The molecule has 6 nitrogen and oxygen atoms in total. The van der Waals surface area contributed by atoms with Gasteiger partial charge in [-0.05, 0) is 12.0 Å². The molecule has 0 aliphatic rings. The molecule has 0 fully saturated rings. The molecule has 0 aliphatic heterocycles. The minimum atomic E-state index is -0.546. The Morgan fingerprint density at radius 3 is 2.88 bits per heavy atom. The van der Waals surface area contributed by atoms with Crippen LogP contribution in [-0.2, 0) is 11.3 Å². The molecule has 0 radical (unpaired) electrons. The maximum absolute atomic E-state index is 10.4. The van der Waals surface area contributed by atoms with Gasteiger partial charge < -0.3 is 14.5 Å². The summed E-state index contributed by atoms with van der Waals surface area (Å²) in [7, 11) is 0. The largest absolute Gasteiger partial charge is 0.433 e. The van der Waals surface area contributed by atoms with Gasteiger partial charge in [0.2, 0.25) is 0 Å². The maximum Gasteiger partial charge on any atom is 0.433 e. The van der Waals surface area contributed by atoms with Gasteiger partial charge in [0, 0.05) is 13.2 Å². The Morgan fingerprint density at radius 2 is 2.29 bits per heavy atom. The summed E-state index contributed by atoms with van der Waals surface area (Å²) < 4.78 is 10.4. The van der Waals surface area contributed by atoms with E-state index >= 15 is 0 Å². The first kappa shape index (κ1) is 13.7. The van der Waals surface area contributed by atoms with E-state index in [0.717, 1.165) is 6.61 Å². The third kappa shape index (κ3) is 5.46. The lowest BCUT2D eigenvalue weighted by atomic mass is 10.2. The molecule has 0 atom stereocenters. The predicted octanol–water partition coefficient (Wildman–Crippen LogP) is 1.95. The molecular weight excluding hydrogens is 224 g/mol. The molecule has 0 unspecified atom stereocenters. The number of rotatable bonds is 8. The minimum absolute atomic E-state index is 0.224. The van der Waals surface area contributed by atoms with E-state index in [1.807, 2.05) is 0 Å². The second kappa shape index (κ2) is 7.03. The second-order valence-corrected chi connectivity index (χ2v) is 4.14. The van der Waals surface area contributed by atoms with Gasteiger partial charge in [0.05, 0.1) is 19.2 Å². The number of nitrogens with one attached hydrogen (secondary N) is 1. The molecule has 1 heterocycles. The van der Waals surface area contributed by atoms with Crippen molar-refractivity contribution in [2.45, 2.75) is 20.4 Å². The number of hydrogen-bond acceptors (Lipinski definition) is 5. The fourth-order valence-electron chi connectivity index (χ4n) is 1.23. The Kier molecular flexibility index (Phi) is 5.65. The molecule has 0 spiro atoms. The lowest BCUT2D eigenvalue weighted by Crippen LogP contribution is -2.20. The number of nitro groups is 1. The standard InChI is InChI=1S/C11H18N2O4/c1-9(2)8-16-6-5-12-7-10-3-4-11(17-10)13(14)15/h3-4,9,12H,5-8H2,1-2H3. The van der Waals surface area contributed by atoms with Gasteiger partial charge in [-0.1, -0.05) is 13.8 Å². The van der Waals surface area contributed by atoms with E-state index in [1.165, 1.54) is 6.07 Å². The van der Waals surface area contributed by atoms with Crippen LogP contribution in [0.3, 0.4) is 0 Å². The number of nitrogens with zero attached hydrogens (tertiary/aromatic N) is 1. The Labute approximate surface area is 100 Å². The van der Waals surface area contributed by atoms with Crippen molar-refractivity contribution in [2.75, 3.05) is 19.8 Å². The van der Waals surface area contributed by atoms with Gasteiger partial charge in [0.15, 0.2) is 0 Å². The molecule has 1 aromatic heterocycles. The highest BCUT2D eigenvalue weighted by Crippen LogP contribution is 2.14. The quantitative estimate of drug-likeness (QED) is 0.428. The van der Waals surface area contributed by atoms with Gasteiger partial charge in [0.1, 0.15) is 10.7 Å². The molecule has 1 rings (SSSR count). The zero-order valence-electron chi connectivity index (χ0n) is 10.1. The zero-order valence-corrected chi connectivity index (χ0v) is 10.1. The van der Waals surface area contributed by atoms with Crippen molar-refractivity contribution in [2.24, 2.45) is 5.92 Å². The molecule has 0 aromatic carbocycles. The van der Waals surface area contributed by atoms with E-state index in [1.54, 1.807) is 6.07 Å². The smallest absolute Gasteiger partial charge is 0.404 e. The first-order valence-corrected chi connectivity index (χ1v) is 5.61. The Bertz CT molecular complexity index is 349. The number of furan rings is 1. The lowest BCUT2D eigenvalue weighted by Gasteiger charge is -2.06. The van der Waals surface area contributed by atoms with Crippen LogP contribution in [0.5, 0.6) is 0 Å². The summed E-state index contributed by atoms with van der Waals surface area (Å²) in [5.41, 5.74) is 0. The van der Waals surface area contributed by atoms with Gasteiger partial charge in [-0.25, -0.2) is 0 Å². The maximum atomic E-state index is 10.4. The molecule has 0 saturated heterocycles. The van der Waals surface area contributed by atoms with Gasteiger partial charge in [-0.15, -0.1) is 0 Å². The predicted molar refractivity (Wildman–Crippen MR) is 62.7 cm³/mol. The zero-order chi connectivity index (χ0) is 12.7. The SMILES string of the molecule is CC(C)COCCNCc1ccc([N+](=O)[O-])o1. The highest BCUT2D eigenvalue weighted by molar-refractivity contribution is 5.17. The van der Waals surface area contributed by atoms with E-state index in [9.17, 15) is 10.1 Å². The lowest BCUT2D eigenvalue weighted by molar-refractivity contribution is -0.402. The topological polar surface area (TPSA) is 77.5 Å². The van der Waals surface area contributed by atoms with Crippen LogP contribution in [0.4, 0.5) is 5.88 Å². The van der Waals surface area contributed by atoms with Crippen LogP contribution in [0.25, 0.3) is 0 Å². The highest BCUT2D eigenvalue weighted by Gasteiger charge is 2.10. The van der Waals surface area contributed by atoms with E-state index in [2.05, 4.69) is 19.2 Å². The van der Waals surface area contributed by atoms with Crippen LogP contribution >= 0.6 is 0 Å². The summed E-state index contributed by atoms with van der Waals surface area (Å²) in [4.78, 5) is 9.82. The first-order chi connectivity index (χ1) is 8.09. The molecule has 17 heavy (non-hydrogen) atoms. The Morgan fingerprint density at radius 1 is 1.53 bits per heavy atom. The van der Waals surface area contributed by atoms with Crippen molar-refractivity contribution in [1.82, 2.24) is 5.32 Å². The molecule has 6 heteroatoms. The monoisotopic (exact) mass is 242 g/mol. The van der Waals surface area contributed by atoms with Gasteiger partial charge >= 0.3 is 5.88 Å². The fourth-order valence-corrected chi connectivity index (χ4v) is 1.23. The molecule has 0 amide bonds. The van der Waals surface area contributed by atoms with Crippen molar-refractivity contribution >= 4 is 5.88 Å². The summed E-state index contributed by atoms with van der Waals surface area (Å²) in [6.07, 6.45) is 0. The molecule has 0 bridgehead atoms. The van der Waals surface area contributed by atoms with Crippen molar-refractivity contribution in [3.8, 4) is 0 Å². The van der Waals surface area contributed by atoms with Crippen LogP contribution in [0.2, 0.25) is 0 Å². The van der Waals surface area contributed by atoms with Gasteiger partial charge in [-0.2, -0.15) is 0 Å². The summed E-state index contributed by atoms with van der Waals surface area (Å²) in [6.45, 7) is 6.72. The summed E-state index contributed by atoms with van der Waals surface area (Å²) in [6, 6.07) is 2.95. The third-order valence-corrected chi connectivity index (χ3v) is 2.00. The van der Waals surface area contributed by atoms with Crippen molar-refractivity contribution < 1.29 is 14.1 Å². The normalized spacial score (nSPS) is 11.0. The van der Waals surface area contributed by atoms with Crippen LogP contribution in [0, 0.1) is 16.0 Å². The summed E-state index contributed by atoms with van der Waals surface area (Å²) in [5, 5.41) is 13.5. The van der Waals surface area contributed by atoms with Crippen LogP contribution in [0.15, 0.2) is 16.5 Å². The molecule has 1 N–H and O–H groups in total. The van der Waals surface area contributed by atoms with Gasteiger partial charge in [-0.3, -0.25) is 10.1 Å². The Hall–Kier alpha value is -1.40. The van der Waals surface area contributed by atoms with Crippen molar-refractivity contribution in [1.29, 1.82) is 0 Å². The average Bonchev–Trinajstić information content (AvgIpc) is 2.71. The molecule has 1 aromatic rings. The average molecular weight is 242 g/mol. The molecular formula is C11H18N2O4. The molecule has 96 valence electrons. The molecule has 0 aliphatic carbocycles. The van der Waals surface area contributed by atoms with Crippen molar-refractivity contribution in [3.05, 3.63) is 28.0 Å². The summed E-state index contributed by atoms with van der Waals surface area (Å²) >= 11 is 0. The van der Waals surface area contributed by atoms with E-state index in [0.29, 0.717) is 31.4 Å². The van der Waals surface area contributed by atoms with Crippen LogP contribution in [0.1, 0.15) is 19.6 Å². The number of hydrogen-bond donors (Lipinski definition) is 1. The van der Waals surface area contributed by atoms with Gasteiger partial charge in [0.25, 0.3) is 0 Å².